The first kappa shape index (κ1) is 17.1. The van der Waals surface area contributed by atoms with Crippen molar-refractivity contribution >= 4 is 12.0 Å². The van der Waals surface area contributed by atoms with Crippen LogP contribution >= 0.6 is 0 Å². The Bertz CT molecular complexity index is 409. The average molecular weight is 310 g/mol. The van der Waals surface area contributed by atoms with Crippen molar-refractivity contribution in [3.8, 4) is 0 Å². The highest BCUT2D eigenvalue weighted by atomic mass is 16.6. The van der Waals surface area contributed by atoms with E-state index in [9.17, 15) is 9.59 Å². The Morgan fingerprint density at radius 3 is 2.23 bits per heavy atom. The Hall–Kier alpha value is -1.26. The third-order valence-electron chi connectivity index (χ3n) is 4.90. The Morgan fingerprint density at radius 1 is 1.05 bits per heavy atom. The number of carbonyl (C=O) groups is 2. The number of rotatable bonds is 2. The molecule has 1 aliphatic heterocycles. The summed E-state index contributed by atoms with van der Waals surface area (Å²) >= 11 is 0. The van der Waals surface area contributed by atoms with Crippen molar-refractivity contribution < 1.29 is 14.3 Å². The minimum Gasteiger partial charge on any atom is -0.444 e. The van der Waals surface area contributed by atoms with Gasteiger partial charge in [0.2, 0.25) is 5.91 Å². The summed E-state index contributed by atoms with van der Waals surface area (Å²) in [6, 6.07) is 0.262. The normalized spacial score (nSPS) is 30.0. The van der Waals surface area contributed by atoms with Gasteiger partial charge in [0.1, 0.15) is 5.60 Å². The van der Waals surface area contributed by atoms with Crippen LogP contribution in [0.15, 0.2) is 0 Å². The number of carbonyl (C=O) groups excluding carboxylic acids is 2. The Kier molecular flexibility index (Phi) is 5.35. The number of nitrogens with zero attached hydrogens (tertiary/aromatic N) is 1. The van der Waals surface area contributed by atoms with Gasteiger partial charge >= 0.3 is 6.09 Å². The number of hydrogen-bond acceptors (Lipinski definition) is 3. The van der Waals surface area contributed by atoms with Crippen LogP contribution in [0.25, 0.3) is 0 Å². The molecule has 0 aromatic heterocycles. The predicted octanol–water partition coefficient (Wildman–Crippen LogP) is 3.07. The average Bonchev–Trinajstić information content (AvgIpc) is 2.45. The molecule has 1 aliphatic carbocycles. The number of ether oxygens (including phenoxy) is 1. The van der Waals surface area contributed by atoms with Gasteiger partial charge in [0.05, 0.1) is 0 Å². The van der Waals surface area contributed by atoms with Gasteiger partial charge in [0.15, 0.2) is 0 Å². The number of primary amides is 1. The van der Waals surface area contributed by atoms with Crippen LogP contribution in [-0.4, -0.2) is 35.1 Å². The standard InChI is InChI=1S/C17H30N2O3/c1-17(2,3)22-16(21)19-11-5-4-6-14(19)12-7-9-13(10-8-12)15(18)20/h12-14H,4-11H2,1-3H3,(H2,18,20)/t12?,13?,14-/m0/s1. The highest BCUT2D eigenvalue weighted by Gasteiger charge is 2.37. The molecule has 22 heavy (non-hydrogen) atoms. The van der Waals surface area contributed by atoms with Crippen molar-refractivity contribution in [2.24, 2.45) is 17.6 Å². The van der Waals surface area contributed by atoms with Crippen molar-refractivity contribution in [3.05, 3.63) is 0 Å². The second kappa shape index (κ2) is 6.88. The smallest absolute Gasteiger partial charge is 0.410 e. The van der Waals surface area contributed by atoms with E-state index in [4.69, 9.17) is 10.5 Å². The molecule has 1 atom stereocenters. The van der Waals surface area contributed by atoms with Crippen LogP contribution in [0.4, 0.5) is 4.79 Å². The van der Waals surface area contributed by atoms with E-state index < -0.39 is 5.60 Å². The zero-order chi connectivity index (χ0) is 16.3. The summed E-state index contributed by atoms with van der Waals surface area (Å²) in [6.07, 6.45) is 6.76. The number of likely N-dealkylation sites (tertiary alicyclic amines) is 1. The molecule has 2 rings (SSSR count). The molecule has 126 valence electrons. The molecular weight excluding hydrogens is 280 g/mol. The third-order valence-corrected chi connectivity index (χ3v) is 4.90. The summed E-state index contributed by atoms with van der Waals surface area (Å²) in [4.78, 5) is 25.7. The second-order valence-corrected chi connectivity index (χ2v) is 7.75. The molecule has 1 saturated heterocycles. The van der Waals surface area contributed by atoms with E-state index in [0.717, 1.165) is 45.1 Å². The van der Waals surface area contributed by atoms with Crippen LogP contribution in [0.5, 0.6) is 0 Å². The molecule has 0 aromatic carbocycles. The van der Waals surface area contributed by atoms with Crippen molar-refractivity contribution in [3.63, 3.8) is 0 Å². The monoisotopic (exact) mass is 310 g/mol. The van der Waals surface area contributed by atoms with Crippen LogP contribution < -0.4 is 5.73 Å². The van der Waals surface area contributed by atoms with Crippen LogP contribution in [0.1, 0.15) is 65.7 Å². The largest absolute Gasteiger partial charge is 0.444 e. The molecule has 1 saturated carbocycles. The topological polar surface area (TPSA) is 72.6 Å². The van der Waals surface area contributed by atoms with Crippen LogP contribution in [-0.2, 0) is 9.53 Å². The molecule has 1 heterocycles. The van der Waals surface area contributed by atoms with Gasteiger partial charge in [-0.1, -0.05) is 0 Å². The van der Waals surface area contributed by atoms with E-state index in [1.807, 2.05) is 25.7 Å². The van der Waals surface area contributed by atoms with Crippen molar-refractivity contribution in [2.75, 3.05) is 6.54 Å². The molecular formula is C17H30N2O3. The van der Waals surface area contributed by atoms with Gasteiger partial charge in [-0.3, -0.25) is 4.79 Å². The number of nitrogens with two attached hydrogens (primary N) is 1. The van der Waals surface area contributed by atoms with Crippen molar-refractivity contribution in [1.82, 2.24) is 4.90 Å². The lowest BCUT2D eigenvalue weighted by molar-refractivity contribution is -0.123. The molecule has 5 heteroatoms. The number of hydrogen-bond donors (Lipinski definition) is 1. The lowest BCUT2D eigenvalue weighted by Gasteiger charge is -2.42. The zero-order valence-electron chi connectivity index (χ0n) is 14.1. The van der Waals surface area contributed by atoms with Crippen LogP contribution in [0.2, 0.25) is 0 Å². The molecule has 0 spiro atoms. The molecule has 2 N–H and O–H groups in total. The summed E-state index contributed by atoms with van der Waals surface area (Å²) in [5.74, 6) is 0.323. The van der Waals surface area contributed by atoms with Gasteiger partial charge in [-0.2, -0.15) is 0 Å². The van der Waals surface area contributed by atoms with E-state index in [0.29, 0.717) is 5.92 Å². The molecule has 0 radical (unpaired) electrons. The molecule has 5 nitrogen and oxygen atoms in total. The Balaban J connectivity index is 1.98. The molecule has 0 unspecified atom stereocenters. The first-order chi connectivity index (χ1) is 10.3. The Morgan fingerprint density at radius 2 is 1.68 bits per heavy atom. The molecule has 0 aromatic rings. The zero-order valence-corrected chi connectivity index (χ0v) is 14.1. The van der Waals surface area contributed by atoms with E-state index in [2.05, 4.69) is 0 Å². The van der Waals surface area contributed by atoms with E-state index in [1.54, 1.807) is 0 Å². The maximum absolute atomic E-state index is 12.5. The van der Waals surface area contributed by atoms with Crippen molar-refractivity contribution in [2.45, 2.75) is 77.4 Å². The fourth-order valence-corrected chi connectivity index (χ4v) is 3.78. The molecule has 2 amide bonds. The van der Waals surface area contributed by atoms with E-state index in [-0.39, 0.29) is 24.0 Å². The summed E-state index contributed by atoms with van der Waals surface area (Å²) in [5, 5.41) is 0. The van der Waals surface area contributed by atoms with Gasteiger partial charge in [-0.15, -0.1) is 0 Å². The van der Waals surface area contributed by atoms with Gasteiger partial charge in [-0.25, -0.2) is 4.79 Å². The third kappa shape index (κ3) is 4.37. The maximum Gasteiger partial charge on any atom is 0.410 e. The highest BCUT2D eigenvalue weighted by Crippen LogP contribution is 2.36. The summed E-state index contributed by atoms with van der Waals surface area (Å²) < 4.78 is 5.57. The summed E-state index contributed by atoms with van der Waals surface area (Å²) in [5.41, 5.74) is 4.96. The highest BCUT2D eigenvalue weighted by molar-refractivity contribution is 5.76. The number of piperidine rings is 1. The minimum absolute atomic E-state index is 0.0230. The van der Waals surface area contributed by atoms with E-state index in [1.165, 1.54) is 6.42 Å². The first-order valence-electron chi connectivity index (χ1n) is 8.57. The fraction of sp³-hybridized carbons (Fsp3) is 0.882. The van der Waals surface area contributed by atoms with Gasteiger partial charge in [0, 0.05) is 18.5 Å². The van der Waals surface area contributed by atoms with Gasteiger partial charge < -0.3 is 15.4 Å². The number of amides is 2. The minimum atomic E-state index is -0.456. The SMILES string of the molecule is CC(C)(C)OC(=O)N1CCCC[C@H]1C1CCC(C(N)=O)CC1. The maximum atomic E-state index is 12.5. The van der Waals surface area contributed by atoms with Crippen LogP contribution in [0, 0.1) is 11.8 Å². The lowest BCUT2D eigenvalue weighted by atomic mass is 9.76. The van der Waals surface area contributed by atoms with Crippen molar-refractivity contribution in [1.29, 1.82) is 0 Å². The molecule has 2 fully saturated rings. The van der Waals surface area contributed by atoms with Gasteiger partial charge in [0.25, 0.3) is 0 Å². The lowest BCUT2D eigenvalue weighted by Crippen LogP contribution is -2.50. The predicted molar refractivity (Wildman–Crippen MR) is 85.2 cm³/mol. The fourth-order valence-electron chi connectivity index (χ4n) is 3.78. The van der Waals surface area contributed by atoms with Crippen LogP contribution in [0.3, 0.4) is 0 Å². The second-order valence-electron chi connectivity index (χ2n) is 7.75. The van der Waals surface area contributed by atoms with Gasteiger partial charge in [-0.05, 0) is 71.6 Å². The summed E-state index contributed by atoms with van der Waals surface area (Å²) in [6.45, 7) is 6.50. The molecule has 0 bridgehead atoms. The Labute approximate surface area is 133 Å². The quantitative estimate of drug-likeness (QED) is 0.852. The first-order valence-corrected chi connectivity index (χ1v) is 8.57. The van der Waals surface area contributed by atoms with E-state index >= 15 is 0 Å². The molecule has 2 aliphatic rings. The summed E-state index contributed by atoms with van der Waals surface area (Å²) in [7, 11) is 0.